The molecule has 0 bridgehead atoms. The standard InChI is InChI=1S/C28H29N3O6/c1-35-25(32)16-22(27(33)36-2)29-14-13-21-26-20(15-23(30-21)28(34)37-3)19-11-7-8-12-24(19)31(26)17-18-9-5-4-6-10-18/h4-12,15,22,29H,13-14,16-17H2,1-3H3/t22-/m0/s1. The van der Waals surface area contributed by atoms with E-state index in [-0.39, 0.29) is 12.1 Å². The molecule has 9 heteroatoms. The fourth-order valence-electron chi connectivity index (χ4n) is 4.46. The van der Waals surface area contributed by atoms with Gasteiger partial charge in [-0.15, -0.1) is 0 Å². The van der Waals surface area contributed by atoms with Crippen LogP contribution in [0.4, 0.5) is 0 Å². The number of rotatable bonds is 10. The van der Waals surface area contributed by atoms with Crippen molar-refractivity contribution in [1.82, 2.24) is 14.9 Å². The summed E-state index contributed by atoms with van der Waals surface area (Å²) < 4.78 is 16.7. The summed E-state index contributed by atoms with van der Waals surface area (Å²) in [6.45, 7) is 0.911. The second-order valence-electron chi connectivity index (χ2n) is 8.49. The largest absolute Gasteiger partial charge is 0.469 e. The molecule has 0 aliphatic carbocycles. The van der Waals surface area contributed by atoms with Gasteiger partial charge in [-0.2, -0.15) is 0 Å². The second kappa shape index (κ2) is 11.7. The van der Waals surface area contributed by atoms with Gasteiger partial charge in [0.2, 0.25) is 0 Å². The zero-order valence-electron chi connectivity index (χ0n) is 21.0. The number of methoxy groups -OCH3 is 3. The fraction of sp³-hybridized carbons (Fsp3) is 0.286. The summed E-state index contributed by atoms with van der Waals surface area (Å²) in [4.78, 5) is 41.1. The van der Waals surface area contributed by atoms with E-state index >= 15 is 0 Å². The molecule has 0 unspecified atom stereocenters. The molecular weight excluding hydrogens is 474 g/mol. The van der Waals surface area contributed by atoms with Crippen LogP contribution in [-0.4, -0.2) is 61.4 Å². The maximum atomic E-state index is 12.5. The monoisotopic (exact) mass is 503 g/mol. The molecule has 0 saturated heterocycles. The maximum absolute atomic E-state index is 12.5. The molecule has 2 aromatic carbocycles. The highest BCUT2D eigenvalue weighted by Crippen LogP contribution is 2.32. The first kappa shape index (κ1) is 25.8. The SMILES string of the molecule is COC(=O)C[C@H](NCCc1nc(C(=O)OC)cc2c3ccccc3n(Cc3ccccc3)c12)C(=O)OC. The molecule has 4 aromatic rings. The molecule has 2 heterocycles. The lowest BCUT2D eigenvalue weighted by Crippen LogP contribution is -2.40. The van der Waals surface area contributed by atoms with Crippen molar-refractivity contribution in [1.29, 1.82) is 0 Å². The fourth-order valence-corrected chi connectivity index (χ4v) is 4.46. The van der Waals surface area contributed by atoms with Crippen molar-refractivity contribution in [3.8, 4) is 0 Å². The van der Waals surface area contributed by atoms with Crippen LogP contribution in [0.2, 0.25) is 0 Å². The molecular formula is C28H29N3O6. The third-order valence-electron chi connectivity index (χ3n) is 6.23. The van der Waals surface area contributed by atoms with Gasteiger partial charge in [0, 0.05) is 35.8 Å². The van der Waals surface area contributed by atoms with E-state index in [1.165, 1.54) is 21.3 Å². The van der Waals surface area contributed by atoms with Gasteiger partial charge in [0.05, 0.1) is 39.0 Å². The molecule has 4 rings (SSSR count). The van der Waals surface area contributed by atoms with Crippen molar-refractivity contribution in [3.05, 3.63) is 77.6 Å². The molecule has 0 spiro atoms. The molecule has 192 valence electrons. The van der Waals surface area contributed by atoms with Gasteiger partial charge in [-0.05, 0) is 17.7 Å². The zero-order chi connectivity index (χ0) is 26.4. The molecule has 2 aromatic heterocycles. The number of ether oxygens (including phenoxy) is 3. The van der Waals surface area contributed by atoms with E-state index in [1.807, 2.05) is 42.5 Å². The van der Waals surface area contributed by atoms with Crippen molar-refractivity contribution in [2.45, 2.75) is 25.4 Å². The molecule has 1 atom stereocenters. The first-order valence-corrected chi connectivity index (χ1v) is 11.9. The molecule has 9 nitrogen and oxygen atoms in total. The van der Waals surface area contributed by atoms with Crippen LogP contribution in [0, 0.1) is 0 Å². The number of carbonyl (C=O) groups is 3. The number of aromatic nitrogens is 2. The number of para-hydroxylation sites is 1. The summed E-state index contributed by atoms with van der Waals surface area (Å²) >= 11 is 0. The van der Waals surface area contributed by atoms with E-state index < -0.39 is 23.9 Å². The van der Waals surface area contributed by atoms with Crippen LogP contribution in [0.5, 0.6) is 0 Å². The van der Waals surface area contributed by atoms with Crippen molar-refractivity contribution in [2.75, 3.05) is 27.9 Å². The lowest BCUT2D eigenvalue weighted by atomic mass is 10.1. The maximum Gasteiger partial charge on any atom is 0.356 e. The highest BCUT2D eigenvalue weighted by Gasteiger charge is 2.24. The Morgan fingerprint density at radius 3 is 2.35 bits per heavy atom. The van der Waals surface area contributed by atoms with Crippen LogP contribution in [0.1, 0.15) is 28.2 Å². The number of hydrogen-bond donors (Lipinski definition) is 1. The Labute approximate surface area is 214 Å². The van der Waals surface area contributed by atoms with Crippen LogP contribution < -0.4 is 5.32 Å². The van der Waals surface area contributed by atoms with Crippen LogP contribution in [0.3, 0.4) is 0 Å². The smallest absolute Gasteiger partial charge is 0.356 e. The normalized spacial score (nSPS) is 11.9. The van der Waals surface area contributed by atoms with E-state index in [1.54, 1.807) is 6.07 Å². The number of hydrogen-bond acceptors (Lipinski definition) is 8. The zero-order valence-corrected chi connectivity index (χ0v) is 21.0. The number of benzene rings is 2. The van der Waals surface area contributed by atoms with Crippen molar-refractivity contribution in [2.24, 2.45) is 0 Å². The third-order valence-corrected chi connectivity index (χ3v) is 6.23. The second-order valence-corrected chi connectivity index (χ2v) is 8.49. The van der Waals surface area contributed by atoms with E-state index in [0.29, 0.717) is 25.2 Å². The van der Waals surface area contributed by atoms with E-state index in [2.05, 4.69) is 27.0 Å². The predicted molar refractivity (Wildman–Crippen MR) is 138 cm³/mol. The minimum Gasteiger partial charge on any atom is -0.469 e. The van der Waals surface area contributed by atoms with Crippen LogP contribution >= 0.6 is 0 Å². The topological polar surface area (TPSA) is 109 Å². The first-order chi connectivity index (χ1) is 18.0. The third kappa shape index (κ3) is 5.62. The highest BCUT2D eigenvalue weighted by molar-refractivity contribution is 6.10. The number of carbonyl (C=O) groups excluding carboxylic acids is 3. The van der Waals surface area contributed by atoms with Crippen LogP contribution in [0.15, 0.2) is 60.7 Å². The summed E-state index contributed by atoms with van der Waals surface area (Å²) in [6, 6.07) is 19.0. The van der Waals surface area contributed by atoms with Crippen molar-refractivity contribution >= 4 is 39.7 Å². The van der Waals surface area contributed by atoms with E-state index in [9.17, 15) is 14.4 Å². The van der Waals surface area contributed by atoms with Gasteiger partial charge in [0.1, 0.15) is 11.7 Å². The first-order valence-electron chi connectivity index (χ1n) is 11.9. The van der Waals surface area contributed by atoms with Gasteiger partial charge >= 0.3 is 17.9 Å². The lowest BCUT2D eigenvalue weighted by molar-refractivity contribution is -0.149. The summed E-state index contributed by atoms with van der Waals surface area (Å²) in [5.41, 5.74) is 3.89. The Kier molecular flexibility index (Phi) is 8.15. The Hall–Kier alpha value is -4.24. The van der Waals surface area contributed by atoms with Gasteiger partial charge in [-0.25, -0.2) is 9.78 Å². The Bertz CT molecular complexity index is 1430. The average Bonchev–Trinajstić information content (AvgIpc) is 3.25. The van der Waals surface area contributed by atoms with E-state index in [0.717, 1.165) is 27.4 Å². The number of nitrogens with zero attached hydrogens (tertiary/aromatic N) is 2. The minimum atomic E-state index is -0.869. The summed E-state index contributed by atoms with van der Waals surface area (Å²) in [5, 5.41) is 4.95. The summed E-state index contributed by atoms with van der Waals surface area (Å²) in [7, 11) is 3.85. The molecule has 0 fully saturated rings. The quantitative estimate of drug-likeness (QED) is 0.260. The number of esters is 3. The molecule has 0 radical (unpaired) electrons. The van der Waals surface area contributed by atoms with Gasteiger partial charge in [-0.3, -0.25) is 9.59 Å². The van der Waals surface area contributed by atoms with Crippen molar-refractivity contribution in [3.63, 3.8) is 0 Å². The Morgan fingerprint density at radius 2 is 1.65 bits per heavy atom. The van der Waals surface area contributed by atoms with Crippen LogP contribution in [-0.2, 0) is 36.8 Å². The molecule has 0 amide bonds. The highest BCUT2D eigenvalue weighted by atomic mass is 16.5. The number of pyridine rings is 1. The Morgan fingerprint density at radius 1 is 0.919 bits per heavy atom. The molecule has 0 aliphatic rings. The molecule has 1 N–H and O–H groups in total. The molecule has 37 heavy (non-hydrogen) atoms. The predicted octanol–water partition coefficient (Wildman–Crippen LogP) is 3.26. The van der Waals surface area contributed by atoms with Gasteiger partial charge < -0.3 is 24.1 Å². The van der Waals surface area contributed by atoms with Crippen molar-refractivity contribution < 1.29 is 28.6 Å². The molecule has 0 aliphatic heterocycles. The van der Waals surface area contributed by atoms with Gasteiger partial charge in [0.15, 0.2) is 0 Å². The summed E-state index contributed by atoms with van der Waals surface area (Å²) in [5.74, 6) is -1.63. The lowest BCUT2D eigenvalue weighted by Gasteiger charge is -2.16. The summed E-state index contributed by atoms with van der Waals surface area (Å²) in [6.07, 6.45) is 0.212. The minimum absolute atomic E-state index is 0.164. The van der Waals surface area contributed by atoms with Gasteiger partial charge in [-0.1, -0.05) is 48.5 Å². The Balaban J connectivity index is 1.78. The number of nitrogens with one attached hydrogen (secondary N) is 1. The number of fused-ring (bicyclic) bond motifs is 3. The van der Waals surface area contributed by atoms with Crippen LogP contribution in [0.25, 0.3) is 21.8 Å². The van der Waals surface area contributed by atoms with Gasteiger partial charge in [0.25, 0.3) is 0 Å². The average molecular weight is 504 g/mol. The molecule has 0 saturated carbocycles. The van der Waals surface area contributed by atoms with E-state index in [4.69, 9.17) is 14.2 Å².